The monoisotopic (exact) mass is 380 g/mol. The molecule has 1 aliphatic carbocycles. The molecule has 0 spiro atoms. The highest BCUT2D eigenvalue weighted by atomic mass is 32.2. The van der Waals surface area contributed by atoms with Gasteiger partial charge in [-0.3, -0.25) is 9.59 Å². The lowest BCUT2D eigenvalue weighted by atomic mass is 9.89. The van der Waals surface area contributed by atoms with Crippen LogP contribution in [0.15, 0.2) is 23.1 Å². The summed E-state index contributed by atoms with van der Waals surface area (Å²) < 4.78 is 27.5. The summed E-state index contributed by atoms with van der Waals surface area (Å²) in [7, 11) is -3.65. The van der Waals surface area contributed by atoms with E-state index in [-0.39, 0.29) is 16.8 Å². The van der Waals surface area contributed by atoms with Crippen LogP contribution >= 0.6 is 0 Å². The fourth-order valence-electron chi connectivity index (χ4n) is 3.40. The van der Waals surface area contributed by atoms with Gasteiger partial charge < -0.3 is 10.0 Å². The van der Waals surface area contributed by atoms with E-state index in [9.17, 15) is 23.1 Å². The van der Waals surface area contributed by atoms with Gasteiger partial charge in [-0.15, -0.1) is 0 Å². The average molecular weight is 380 g/mol. The van der Waals surface area contributed by atoms with E-state index in [1.54, 1.807) is 24.8 Å². The van der Waals surface area contributed by atoms with E-state index in [0.717, 1.165) is 12.8 Å². The number of hydrogen-bond acceptors (Lipinski definition) is 4. The number of rotatable bonds is 5. The summed E-state index contributed by atoms with van der Waals surface area (Å²) in [5, 5.41) is 9.35. The Kier molecular flexibility index (Phi) is 5.07. The summed E-state index contributed by atoms with van der Waals surface area (Å²) in [6.07, 6.45) is 2.82. The molecule has 0 aromatic heterocycles. The quantitative estimate of drug-likeness (QED) is 0.810. The zero-order chi connectivity index (χ0) is 19.1. The van der Waals surface area contributed by atoms with Crippen LogP contribution in [-0.2, 0) is 14.8 Å². The highest BCUT2D eigenvalue weighted by molar-refractivity contribution is 7.89. The molecule has 1 saturated carbocycles. The Morgan fingerprint density at radius 3 is 2.54 bits per heavy atom. The molecule has 1 aliphatic heterocycles. The molecule has 3 rings (SSSR count). The number of nitrogens with zero attached hydrogens (tertiary/aromatic N) is 1. The highest BCUT2D eigenvalue weighted by Gasteiger charge is 2.36. The number of carboxylic acids is 1. The maximum absolute atomic E-state index is 13.0. The summed E-state index contributed by atoms with van der Waals surface area (Å²) in [6, 6.07) is 4.07. The molecule has 26 heavy (non-hydrogen) atoms. The van der Waals surface area contributed by atoms with Gasteiger partial charge in [0.25, 0.3) is 5.91 Å². The third-order valence-electron chi connectivity index (χ3n) is 5.22. The predicted molar refractivity (Wildman–Crippen MR) is 95.4 cm³/mol. The van der Waals surface area contributed by atoms with Crippen LogP contribution in [0.2, 0.25) is 0 Å². The molecule has 8 heteroatoms. The first-order valence-corrected chi connectivity index (χ1v) is 10.4. The number of aliphatic carboxylic acids is 1. The van der Waals surface area contributed by atoms with E-state index in [0.29, 0.717) is 30.5 Å². The van der Waals surface area contributed by atoms with E-state index >= 15 is 0 Å². The first-order valence-electron chi connectivity index (χ1n) is 8.87. The molecular weight excluding hydrogens is 356 g/mol. The zero-order valence-electron chi connectivity index (χ0n) is 14.9. The molecule has 2 aliphatic rings. The van der Waals surface area contributed by atoms with E-state index in [2.05, 4.69) is 4.72 Å². The van der Waals surface area contributed by atoms with Gasteiger partial charge in [0.2, 0.25) is 10.0 Å². The second kappa shape index (κ2) is 7.00. The second-order valence-corrected chi connectivity index (χ2v) is 8.91. The van der Waals surface area contributed by atoms with E-state index in [4.69, 9.17) is 0 Å². The Morgan fingerprint density at radius 2 is 1.92 bits per heavy atom. The number of carboxylic acid groups (broad SMARTS) is 1. The number of benzene rings is 1. The smallest absolute Gasteiger partial charge is 0.308 e. The van der Waals surface area contributed by atoms with E-state index in [1.165, 1.54) is 12.1 Å². The van der Waals surface area contributed by atoms with Crippen molar-refractivity contribution >= 4 is 21.9 Å². The van der Waals surface area contributed by atoms with Crippen LogP contribution in [0.25, 0.3) is 0 Å². The first-order chi connectivity index (χ1) is 12.2. The summed E-state index contributed by atoms with van der Waals surface area (Å²) in [6.45, 7) is 3.96. The maximum atomic E-state index is 13.0. The van der Waals surface area contributed by atoms with Gasteiger partial charge in [-0.05, 0) is 57.2 Å². The maximum Gasteiger partial charge on any atom is 0.308 e. The van der Waals surface area contributed by atoms with Gasteiger partial charge in [0.05, 0.1) is 10.8 Å². The lowest BCUT2D eigenvalue weighted by Gasteiger charge is -2.37. The van der Waals surface area contributed by atoms with Gasteiger partial charge >= 0.3 is 5.97 Å². The topological polar surface area (TPSA) is 104 Å². The zero-order valence-corrected chi connectivity index (χ0v) is 15.8. The largest absolute Gasteiger partial charge is 0.481 e. The minimum Gasteiger partial charge on any atom is -0.481 e. The number of piperidine rings is 1. The SMILES string of the molecule is Cc1ccc(S(=O)(=O)NC2CC2)cc1C(=O)N1CCC[C@@H](C(=O)O)[C@H]1C. The molecule has 1 aromatic rings. The van der Waals surface area contributed by atoms with Crippen molar-refractivity contribution in [1.29, 1.82) is 0 Å². The second-order valence-electron chi connectivity index (χ2n) is 7.20. The molecule has 0 radical (unpaired) electrons. The highest BCUT2D eigenvalue weighted by Crippen LogP contribution is 2.28. The average Bonchev–Trinajstić information content (AvgIpc) is 3.37. The molecule has 2 fully saturated rings. The number of carbonyl (C=O) groups excluding carboxylic acids is 1. The summed E-state index contributed by atoms with van der Waals surface area (Å²) in [5.41, 5.74) is 0.978. The Hall–Kier alpha value is -1.93. The number of nitrogens with one attached hydrogen (secondary N) is 1. The van der Waals surface area contributed by atoms with E-state index < -0.39 is 28.0 Å². The van der Waals surface area contributed by atoms with E-state index in [1.807, 2.05) is 0 Å². The molecule has 1 amide bonds. The third-order valence-corrected chi connectivity index (χ3v) is 6.73. The molecule has 1 aromatic carbocycles. The number of carbonyl (C=O) groups is 2. The van der Waals surface area contributed by atoms with Gasteiger partial charge in [0.1, 0.15) is 0 Å². The van der Waals surface area contributed by atoms with Gasteiger partial charge in [-0.1, -0.05) is 6.07 Å². The molecule has 0 bridgehead atoms. The van der Waals surface area contributed by atoms with Crippen molar-refractivity contribution in [3.05, 3.63) is 29.3 Å². The number of amides is 1. The first kappa shape index (κ1) is 18.8. The molecule has 1 saturated heterocycles. The lowest BCUT2D eigenvalue weighted by Crippen LogP contribution is -2.49. The molecule has 142 valence electrons. The molecule has 1 heterocycles. The summed E-state index contributed by atoms with van der Waals surface area (Å²) in [4.78, 5) is 26.1. The number of sulfonamides is 1. The van der Waals surface area contributed by atoms with Crippen LogP contribution in [0.4, 0.5) is 0 Å². The van der Waals surface area contributed by atoms with Crippen molar-refractivity contribution in [2.45, 2.75) is 56.5 Å². The minimum atomic E-state index is -3.65. The van der Waals surface area contributed by atoms with Crippen molar-refractivity contribution in [3.8, 4) is 0 Å². The molecule has 7 nitrogen and oxygen atoms in total. The van der Waals surface area contributed by atoms with Crippen molar-refractivity contribution in [1.82, 2.24) is 9.62 Å². The Bertz CT molecular complexity index is 832. The third kappa shape index (κ3) is 3.76. The summed E-state index contributed by atoms with van der Waals surface area (Å²) >= 11 is 0. The molecular formula is C18H24N2O5S. The number of hydrogen-bond donors (Lipinski definition) is 2. The van der Waals surface area contributed by atoms with Crippen LogP contribution in [-0.4, -0.2) is 48.9 Å². The number of aryl methyl sites for hydroxylation is 1. The van der Waals surface area contributed by atoms with Gasteiger partial charge in [-0.2, -0.15) is 0 Å². The standard InChI is InChI=1S/C18H24N2O5S/c1-11-5-8-14(26(24,25)19-13-6-7-13)10-16(11)17(21)20-9-3-4-15(12(20)2)18(22)23/h5,8,10,12-13,15,19H,3-4,6-7,9H2,1-2H3,(H,22,23)/t12-,15-/m1/s1. The minimum absolute atomic E-state index is 0.0149. The Balaban J connectivity index is 1.89. The molecule has 0 unspecified atom stereocenters. The normalized spacial score (nSPS) is 23.7. The fourth-order valence-corrected chi connectivity index (χ4v) is 4.73. The molecule has 2 atom stereocenters. The van der Waals surface area contributed by atoms with Gasteiger partial charge in [0.15, 0.2) is 0 Å². The Labute approximate surface area is 153 Å². The van der Waals surface area contributed by atoms with Crippen molar-refractivity contribution < 1.29 is 23.1 Å². The lowest BCUT2D eigenvalue weighted by molar-refractivity contribution is -0.144. The van der Waals surface area contributed by atoms with Crippen LogP contribution < -0.4 is 4.72 Å². The van der Waals surface area contributed by atoms with Crippen molar-refractivity contribution in [3.63, 3.8) is 0 Å². The van der Waals surface area contributed by atoms with Crippen LogP contribution in [0.3, 0.4) is 0 Å². The fraction of sp³-hybridized carbons (Fsp3) is 0.556. The Morgan fingerprint density at radius 1 is 1.23 bits per heavy atom. The van der Waals surface area contributed by atoms with Gasteiger partial charge in [0, 0.05) is 24.2 Å². The van der Waals surface area contributed by atoms with Crippen molar-refractivity contribution in [2.75, 3.05) is 6.54 Å². The van der Waals surface area contributed by atoms with Crippen LogP contribution in [0, 0.1) is 12.8 Å². The van der Waals surface area contributed by atoms with Crippen LogP contribution in [0.1, 0.15) is 48.5 Å². The number of likely N-dealkylation sites (tertiary alicyclic amines) is 1. The van der Waals surface area contributed by atoms with Crippen molar-refractivity contribution in [2.24, 2.45) is 5.92 Å². The molecule has 2 N–H and O–H groups in total. The van der Waals surface area contributed by atoms with Gasteiger partial charge in [-0.25, -0.2) is 13.1 Å². The summed E-state index contributed by atoms with van der Waals surface area (Å²) in [5.74, 6) is -1.82. The van der Waals surface area contributed by atoms with Crippen LogP contribution in [0.5, 0.6) is 0 Å². The predicted octanol–water partition coefficient (Wildman–Crippen LogP) is 1.76.